The van der Waals surface area contributed by atoms with Gasteiger partial charge in [0.25, 0.3) is 0 Å². The average Bonchev–Trinajstić information content (AvgIpc) is 2.87. The first-order valence-corrected chi connectivity index (χ1v) is 14.2. The van der Waals surface area contributed by atoms with Crippen molar-refractivity contribution < 1.29 is 9.84 Å². The van der Waals surface area contributed by atoms with Crippen molar-refractivity contribution in [2.45, 2.75) is 85.3 Å². The third-order valence-corrected chi connectivity index (χ3v) is 7.46. The molecular weight excluding hydrogens is 412 g/mol. The van der Waals surface area contributed by atoms with Crippen LogP contribution in [-0.2, 0) is 4.74 Å². The van der Waals surface area contributed by atoms with Gasteiger partial charge in [-0.3, -0.25) is 4.90 Å². The van der Waals surface area contributed by atoms with E-state index in [1.54, 1.807) is 0 Å². The van der Waals surface area contributed by atoms with E-state index in [-0.39, 0.29) is 5.60 Å². The zero-order valence-electron chi connectivity index (χ0n) is 23.3. The van der Waals surface area contributed by atoms with Gasteiger partial charge in [-0.2, -0.15) is 0 Å². The molecule has 0 aromatic rings. The Balaban J connectivity index is 0.000000288. The molecule has 1 atom stereocenters. The SMILES string of the molecule is CC.CC.CCCN1CCC(N2CCOCC2)CC1.CCN1CCCC(C2(O)CN(C)C2)C1. The summed E-state index contributed by atoms with van der Waals surface area (Å²) in [6.07, 6.45) is 6.48. The first-order valence-electron chi connectivity index (χ1n) is 14.2. The molecule has 0 bridgehead atoms. The quantitative estimate of drug-likeness (QED) is 0.662. The van der Waals surface area contributed by atoms with Gasteiger partial charge in [-0.25, -0.2) is 0 Å². The lowest BCUT2D eigenvalue weighted by Crippen LogP contribution is -2.66. The number of likely N-dealkylation sites (N-methyl/N-ethyl adjacent to an activating group) is 1. The Morgan fingerprint density at radius 3 is 1.97 bits per heavy atom. The van der Waals surface area contributed by atoms with Crippen molar-refractivity contribution in [1.29, 1.82) is 0 Å². The van der Waals surface area contributed by atoms with Crippen LogP contribution in [0.5, 0.6) is 0 Å². The van der Waals surface area contributed by atoms with Crippen molar-refractivity contribution in [3.63, 3.8) is 0 Å². The molecule has 198 valence electrons. The number of hydrogen-bond acceptors (Lipinski definition) is 6. The van der Waals surface area contributed by atoms with E-state index < -0.39 is 0 Å². The number of β-amino-alcohol motifs (C(OH)–C–C–N with tert-alkyl or cyclic N) is 1. The Morgan fingerprint density at radius 1 is 0.848 bits per heavy atom. The van der Waals surface area contributed by atoms with Gasteiger partial charge in [0.2, 0.25) is 0 Å². The molecule has 0 amide bonds. The molecule has 6 heteroatoms. The molecule has 1 unspecified atom stereocenters. The Hall–Kier alpha value is -0.240. The Labute approximate surface area is 206 Å². The lowest BCUT2D eigenvalue weighted by Gasteiger charge is -2.51. The second-order valence-corrected chi connectivity index (χ2v) is 9.73. The molecule has 4 aliphatic rings. The van der Waals surface area contributed by atoms with E-state index in [9.17, 15) is 5.11 Å². The van der Waals surface area contributed by atoms with Crippen LogP contribution in [0.15, 0.2) is 0 Å². The van der Waals surface area contributed by atoms with Crippen LogP contribution in [0, 0.1) is 5.92 Å². The predicted molar refractivity (Wildman–Crippen MR) is 142 cm³/mol. The van der Waals surface area contributed by atoms with Crippen molar-refractivity contribution in [3.8, 4) is 0 Å². The number of rotatable bonds is 5. The first kappa shape index (κ1) is 30.8. The fraction of sp³-hybridized carbons (Fsp3) is 1.00. The second kappa shape index (κ2) is 17.2. The van der Waals surface area contributed by atoms with Crippen LogP contribution in [-0.4, -0.2) is 122 Å². The highest BCUT2D eigenvalue weighted by atomic mass is 16.5. The summed E-state index contributed by atoms with van der Waals surface area (Å²) < 4.78 is 5.40. The maximum absolute atomic E-state index is 10.4. The maximum Gasteiger partial charge on any atom is 0.0940 e. The van der Waals surface area contributed by atoms with Crippen LogP contribution in [0.2, 0.25) is 0 Å². The van der Waals surface area contributed by atoms with E-state index >= 15 is 0 Å². The van der Waals surface area contributed by atoms with Crippen LogP contribution in [0.3, 0.4) is 0 Å². The van der Waals surface area contributed by atoms with Crippen molar-refractivity contribution >= 4 is 0 Å². The summed E-state index contributed by atoms with van der Waals surface area (Å²) >= 11 is 0. The van der Waals surface area contributed by atoms with Crippen molar-refractivity contribution in [1.82, 2.24) is 19.6 Å². The Bertz CT molecular complexity index is 459. The molecule has 33 heavy (non-hydrogen) atoms. The molecule has 4 fully saturated rings. The molecule has 0 spiro atoms. The summed E-state index contributed by atoms with van der Waals surface area (Å²) in [5.74, 6) is 0.507. The van der Waals surface area contributed by atoms with E-state index in [1.165, 1.54) is 58.3 Å². The standard InChI is InChI=1S/C12H24N2O.C11H22N2O.2C2H6/c1-2-5-13-6-3-12(4-7-13)14-8-10-15-11-9-14;1-3-13-6-4-5-10(7-13)11(14)8-12(2)9-11;2*1-2/h12H,2-11H2,1H3;10,14H,3-9H2,1-2H3;2*1-2H3. The van der Waals surface area contributed by atoms with E-state index in [2.05, 4.69) is 40.5 Å². The monoisotopic (exact) mass is 470 g/mol. The van der Waals surface area contributed by atoms with Gasteiger partial charge in [-0.05, 0) is 71.9 Å². The fourth-order valence-corrected chi connectivity index (χ4v) is 5.69. The Morgan fingerprint density at radius 2 is 1.45 bits per heavy atom. The van der Waals surface area contributed by atoms with Crippen LogP contribution in [0.25, 0.3) is 0 Å². The highest BCUT2D eigenvalue weighted by molar-refractivity contribution is 5.00. The van der Waals surface area contributed by atoms with Gasteiger partial charge in [0.05, 0.1) is 18.8 Å². The normalized spacial score (nSPS) is 27.1. The first-order chi connectivity index (χ1) is 16.0. The van der Waals surface area contributed by atoms with E-state index in [0.717, 1.165) is 58.5 Å². The minimum Gasteiger partial charge on any atom is -0.387 e. The van der Waals surface area contributed by atoms with Crippen molar-refractivity contribution in [2.75, 3.05) is 85.7 Å². The molecule has 0 aromatic carbocycles. The smallest absolute Gasteiger partial charge is 0.0940 e. The number of ether oxygens (including phenoxy) is 1. The third-order valence-electron chi connectivity index (χ3n) is 7.46. The lowest BCUT2D eigenvalue weighted by atomic mass is 9.76. The fourth-order valence-electron chi connectivity index (χ4n) is 5.69. The van der Waals surface area contributed by atoms with Gasteiger partial charge < -0.3 is 24.5 Å². The summed E-state index contributed by atoms with van der Waals surface area (Å²) in [5.41, 5.74) is -0.372. The molecule has 0 radical (unpaired) electrons. The van der Waals surface area contributed by atoms with Crippen LogP contribution >= 0.6 is 0 Å². The Kier molecular flexibility index (Phi) is 16.1. The molecular formula is C27H58N4O2. The molecule has 4 rings (SSSR count). The molecule has 4 heterocycles. The van der Waals surface area contributed by atoms with E-state index in [0.29, 0.717) is 5.92 Å². The number of nitrogens with zero attached hydrogens (tertiary/aromatic N) is 4. The van der Waals surface area contributed by atoms with Crippen LogP contribution in [0.1, 0.15) is 73.6 Å². The average molecular weight is 471 g/mol. The van der Waals surface area contributed by atoms with Gasteiger partial charge in [-0.15, -0.1) is 0 Å². The van der Waals surface area contributed by atoms with E-state index in [4.69, 9.17) is 4.74 Å². The van der Waals surface area contributed by atoms with Crippen molar-refractivity contribution in [2.24, 2.45) is 5.92 Å². The maximum atomic E-state index is 10.4. The minimum atomic E-state index is -0.372. The van der Waals surface area contributed by atoms with Gasteiger partial charge >= 0.3 is 0 Å². The van der Waals surface area contributed by atoms with Gasteiger partial charge in [0.15, 0.2) is 0 Å². The molecule has 4 aliphatic heterocycles. The van der Waals surface area contributed by atoms with Crippen LogP contribution < -0.4 is 0 Å². The van der Waals surface area contributed by atoms with E-state index in [1.807, 2.05) is 27.7 Å². The third kappa shape index (κ3) is 10.1. The highest BCUT2D eigenvalue weighted by Gasteiger charge is 2.46. The van der Waals surface area contributed by atoms with Gasteiger partial charge in [0, 0.05) is 44.7 Å². The van der Waals surface area contributed by atoms with Gasteiger partial charge in [-0.1, -0.05) is 41.5 Å². The summed E-state index contributed by atoms with van der Waals surface area (Å²) in [4.78, 5) is 9.90. The minimum absolute atomic E-state index is 0.372. The summed E-state index contributed by atoms with van der Waals surface area (Å²) in [6.45, 7) is 25.7. The van der Waals surface area contributed by atoms with Gasteiger partial charge in [0.1, 0.15) is 0 Å². The number of morpholine rings is 1. The molecule has 0 aromatic heterocycles. The molecule has 6 nitrogen and oxygen atoms in total. The zero-order chi connectivity index (χ0) is 24.7. The summed E-state index contributed by atoms with van der Waals surface area (Å²) in [5, 5.41) is 10.4. The number of piperidine rings is 2. The number of aliphatic hydroxyl groups is 1. The molecule has 0 aliphatic carbocycles. The highest BCUT2D eigenvalue weighted by Crippen LogP contribution is 2.33. The molecule has 4 saturated heterocycles. The zero-order valence-corrected chi connectivity index (χ0v) is 23.3. The van der Waals surface area contributed by atoms with Crippen LogP contribution in [0.4, 0.5) is 0 Å². The molecule has 0 saturated carbocycles. The molecule has 1 N–H and O–H groups in total. The van der Waals surface area contributed by atoms with Crippen molar-refractivity contribution in [3.05, 3.63) is 0 Å². The largest absolute Gasteiger partial charge is 0.387 e. The predicted octanol–water partition coefficient (Wildman–Crippen LogP) is 3.64. The lowest BCUT2D eigenvalue weighted by molar-refractivity contribution is -0.139. The number of hydrogen-bond donors (Lipinski definition) is 1. The second-order valence-electron chi connectivity index (χ2n) is 9.73. The summed E-state index contributed by atoms with van der Waals surface area (Å²) in [7, 11) is 2.08. The number of likely N-dealkylation sites (tertiary alicyclic amines) is 3. The summed E-state index contributed by atoms with van der Waals surface area (Å²) in [6, 6.07) is 0.835. The topological polar surface area (TPSA) is 42.4 Å².